The van der Waals surface area contributed by atoms with Gasteiger partial charge in [0.15, 0.2) is 23.2 Å². The van der Waals surface area contributed by atoms with Crippen LogP contribution >= 0.6 is 0 Å². The molecule has 0 bridgehead atoms. The van der Waals surface area contributed by atoms with Gasteiger partial charge in [-0.2, -0.15) is 0 Å². The lowest BCUT2D eigenvalue weighted by molar-refractivity contribution is 1.08. The molecular formula is C50H29N5. The Morgan fingerprint density at radius 1 is 0.382 bits per heavy atom. The van der Waals surface area contributed by atoms with E-state index in [1.807, 2.05) is 12.1 Å². The minimum Gasteiger partial charge on any atom is -0.309 e. The van der Waals surface area contributed by atoms with E-state index in [1.165, 1.54) is 16.2 Å². The van der Waals surface area contributed by atoms with E-state index < -0.39 is 0 Å². The van der Waals surface area contributed by atoms with Gasteiger partial charge in [0.1, 0.15) is 0 Å². The Morgan fingerprint density at radius 2 is 0.891 bits per heavy atom. The van der Waals surface area contributed by atoms with Crippen LogP contribution in [0.5, 0.6) is 0 Å². The van der Waals surface area contributed by atoms with Gasteiger partial charge in [-0.1, -0.05) is 140 Å². The molecule has 9 aromatic carbocycles. The normalized spacial score (nSPS) is 11.6. The van der Waals surface area contributed by atoms with Crippen LogP contribution in [0.4, 0.5) is 5.69 Å². The molecule has 0 N–H and O–H groups in total. The molecule has 0 fully saturated rings. The monoisotopic (exact) mass is 699 g/mol. The van der Waals surface area contributed by atoms with Gasteiger partial charge in [-0.15, -0.1) is 0 Å². The predicted molar refractivity (Wildman–Crippen MR) is 227 cm³/mol. The number of hydrogen-bond donors (Lipinski definition) is 0. The summed E-state index contributed by atoms with van der Waals surface area (Å²) >= 11 is 0. The van der Waals surface area contributed by atoms with Crippen LogP contribution in [0, 0.1) is 6.57 Å². The minimum absolute atomic E-state index is 0.584. The van der Waals surface area contributed by atoms with E-state index in [0.717, 1.165) is 71.1 Å². The first-order valence-corrected chi connectivity index (χ1v) is 18.3. The maximum atomic E-state index is 7.89. The molecular weight excluding hydrogens is 671 g/mol. The van der Waals surface area contributed by atoms with Gasteiger partial charge in [0.25, 0.3) is 0 Å². The number of nitrogens with zero attached hydrogens (tertiary/aromatic N) is 5. The topological polar surface area (TPSA) is 48.0 Å². The van der Waals surface area contributed by atoms with Crippen LogP contribution in [0.25, 0.3) is 110 Å². The summed E-state index contributed by atoms with van der Waals surface area (Å²) < 4.78 is 2.34. The van der Waals surface area contributed by atoms with Crippen LogP contribution in [0.1, 0.15) is 0 Å². The number of aromatic nitrogens is 4. The summed E-state index contributed by atoms with van der Waals surface area (Å²) in [6.07, 6.45) is 0. The Hall–Kier alpha value is -7.68. The second kappa shape index (κ2) is 12.2. The first-order chi connectivity index (χ1) is 27.2. The molecule has 0 aliphatic carbocycles. The Kier molecular flexibility index (Phi) is 6.85. The molecule has 5 heteroatoms. The summed E-state index contributed by atoms with van der Waals surface area (Å²) in [7, 11) is 0. The maximum absolute atomic E-state index is 7.89. The van der Waals surface area contributed by atoms with Crippen molar-refractivity contribution in [2.24, 2.45) is 0 Å². The highest BCUT2D eigenvalue weighted by Crippen LogP contribution is 2.40. The largest absolute Gasteiger partial charge is 0.309 e. The fourth-order valence-corrected chi connectivity index (χ4v) is 8.29. The molecule has 0 radical (unpaired) electrons. The Morgan fingerprint density at radius 3 is 1.55 bits per heavy atom. The zero-order chi connectivity index (χ0) is 36.5. The van der Waals surface area contributed by atoms with Crippen LogP contribution in [0.3, 0.4) is 0 Å². The van der Waals surface area contributed by atoms with Crippen molar-refractivity contribution in [3.05, 3.63) is 187 Å². The molecule has 254 valence electrons. The first kappa shape index (κ1) is 30.9. The SMILES string of the molecule is [C-]#[N+]c1ccc2c(c1)c1cc(-c3nc(-c4cccc5ccccc45)nc(-c4cccc5ccccc45)n3)ccc1n2-c1cc2ccccc2c2ccccc12. The van der Waals surface area contributed by atoms with Gasteiger partial charge in [0.2, 0.25) is 0 Å². The Labute approximate surface area is 316 Å². The van der Waals surface area contributed by atoms with E-state index in [9.17, 15) is 0 Å². The molecule has 0 saturated heterocycles. The molecule has 2 heterocycles. The summed E-state index contributed by atoms with van der Waals surface area (Å²) in [6, 6.07) is 61.1. The van der Waals surface area contributed by atoms with E-state index in [4.69, 9.17) is 21.5 Å². The fraction of sp³-hybridized carbons (Fsp3) is 0. The third-order valence-corrected chi connectivity index (χ3v) is 10.8. The molecule has 0 atom stereocenters. The molecule has 5 nitrogen and oxygen atoms in total. The minimum atomic E-state index is 0.584. The summed E-state index contributed by atoms with van der Waals surface area (Å²) in [4.78, 5) is 19.4. The molecule has 55 heavy (non-hydrogen) atoms. The van der Waals surface area contributed by atoms with Crippen molar-refractivity contribution in [1.29, 1.82) is 0 Å². The van der Waals surface area contributed by atoms with Crippen molar-refractivity contribution < 1.29 is 0 Å². The summed E-state index contributed by atoms with van der Waals surface area (Å²) in [5, 5.41) is 11.2. The second-order valence-electron chi connectivity index (χ2n) is 13.9. The molecule has 0 aliphatic heterocycles. The number of hydrogen-bond acceptors (Lipinski definition) is 3. The highest BCUT2D eigenvalue weighted by molar-refractivity contribution is 6.16. The average Bonchev–Trinajstić information content (AvgIpc) is 3.58. The lowest BCUT2D eigenvalue weighted by Gasteiger charge is -2.14. The van der Waals surface area contributed by atoms with Gasteiger partial charge in [0, 0.05) is 27.5 Å². The second-order valence-corrected chi connectivity index (χ2v) is 13.9. The van der Waals surface area contributed by atoms with E-state index in [-0.39, 0.29) is 0 Å². The third-order valence-electron chi connectivity index (χ3n) is 10.8. The zero-order valence-electron chi connectivity index (χ0n) is 29.5. The molecule has 0 saturated carbocycles. The summed E-state index contributed by atoms with van der Waals surface area (Å²) in [5.74, 6) is 1.82. The van der Waals surface area contributed by atoms with Crippen molar-refractivity contribution in [2.75, 3.05) is 0 Å². The number of benzene rings is 9. The standard InChI is InChI=1S/C50H29N5/c1-51-35-25-27-46-44(30-35)43-28-34(24-26-45(43)55(46)47-29-33-14-4-7-19-38(33)39-20-8-9-21-40(39)47)48-52-49(41-22-10-15-31-12-2-5-17-36(31)41)54-50(53-48)42-23-11-16-32-13-3-6-18-37(32)42/h2-30H. The highest BCUT2D eigenvalue weighted by Gasteiger charge is 2.20. The number of rotatable bonds is 4. The lowest BCUT2D eigenvalue weighted by Crippen LogP contribution is -2.01. The molecule has 11 rings (SSSR count). The predicted octanol–water partition coefficient (Wildman–Crippen LogP) is 13.1. The van der Waals surface area contributed by atoms with Gasteiger partial charge in [-0.3, -0.25) is 0 Å². The van der Waals surface area contributed by atoms with E-state index >= 15 is 0 Å². The van der Waals surface area contributed by atoms with E-state index in [1.54, 1.807) is 0 Å². The van der Waals surface area contributed by atoms with Crippen molar-refractivity contribution in [3.63, 3.8) is 0 Å². The van der Waals surface area contributed by atoms with Crippen LogP contribution in [0.2, 0.25) is 0 Å². The van der Waals surface area contributed by atoms with E-state index in [2.05, 4.69) is 173 Å². The maximum Gasteiger partial charge on any atom is 0.188 e. The van der Waals surface area contributed by atoms with E-state index in [0.29, 0.717) is 23.2 Å². The average molecular weight is 700 g/mol. The van der Waals surface area contributed by atoms with Gasteiger partial charge in [-0.25, -0.2) is 19.8 Å². The molecule has 0 amide bonds. The van der Waals surface area contributed by atoms with Crippen molar-refractivity contribution >= 4 is 70.6 Å². The molecule has 0 aliphatic rings. The van der Waals surface area contributed by atoms with Gasteiger partial charge >= 0.3 is 0 Å². The molecule has 0 unspecified atom stereocenters. The molecule has 11 aromatic rings. The number of fused-ring (bicyclic) bond motifs is 8. The molecule has 0 spiro atoms. The zero-order valence-corrected chi connectivity index (χ0v) is 29.5. The first-order valence-electron chi connectivity index (χ1n) is 18.3. The fourth-order valence-electron chi connectivity index (χ4n) is 8.29. The third kappa shape index (κ3) is 4.90. The van der Waals surface area contributed by atoms with Crippen LogP contribution < -0.4 is 0 Å². The lowest BCUT2D eigenvalue weighted by atomic mass is 10.00. The van der Waals surface area contributed by atoms with Gasteiger partial charge in [-0.05, 0) is 79.5 Å². The van der Waals surface area contributed by atoms with Crippen molar-refractivity contribution in [3.8, 4) is 39.9 Å². The summed E-state index contributed by atoms with van der Waals surface area (Å²) in [5.41, 5.74) is 6.53. The van der Waals surface area contributed by atoms with Crippen LogP contribution in [-0.4, -0.2) is 19.5 Å². The highest BCUT2D eigenvalue weighted by atomic mass is 15.0. The van der Waals surface area contributed by atoms with Crippen molar-refractivity contribution in [1.82, 2.24) is 19.5 Å². The Bertz CT molecular complexity index is 3300. The van der Waals surface area contributed by atoms with Crippen LogP contribution in [-0.2, 0) is 0 Å². The van der Waals surface area contributed by atoms with Gasteiger partial charge in [0.05, 0.1) is 23.3 Å². The Balaban J connectivity index is 1.19. The smallest absolute Gasteiger partial charge is 0.188 e. The van der Waals surface area contributed by atoms with Crippen molar-refractivity contribution in [2.45, 2.75) is 0 Å². The van der Waals surface area contributed by atoms with Crippen LogP contribution in [0.15, 0.2) is 176 Å². The summed E-state index contributed by atoms with van der Waals surface area (Å²) in [6.45, 7) is 7.89. The quantitative estimate of drug-likeness (QED) is 0.136. The van der Waals surface area contributed by atoms with Gasteiger partial charge < -0.3 is 4.57 Å². The molecule has 2 aromatic heterocycles.